The van der Waals surface area contributed by atoms with Gasteiger partial charge in [-0.1, -0.05) is 38.2 Å². The molecule has 0 aromatic heterocycles. The van der Waals surface area contributed by atoms with Gasteiger partial charge in [0.1, 0.15) is 0 Å². The molecule has 5 nitrogen and oxygen atoms in total. The Hall–Kier alpha value is -1.36. The van der Waals surface area contributed by atoms with Crippen LogP contribution in [0.4, 0.5) is 0 Å². The third-order valence-corrected chi connectivity index (χ3v) is 3.74. The Kier molecular flexibility index (Phi) is 8.74. The van der Waals surface area contributed by atoms with Gasteiger partial charge in [-0.25, -0.2) is 4.79 Å². The van der Waals surface area contributed by atoms with E-state index in [4.69, 9.17) is 9.47 Å². The van der Waals surface area contributed by atoms with Crippen LogP contribution in [0.5, 0.6) is 0 Å². The summed E-state index contributed by atoms with van der Waals surface area (Å²) in [7, 11) is 0. The number of carbonyl (C=O) groups excluding carboxylic acids is 2. The molecule has 1 fully saturated rings. The number of rotatable bonds is 9. The maximum Gasteiger partial charge on any atom is 0.335 e. The monoisotopic (exact) mass is 297 g/mol. The molecule has 1 unspecified atom stereocenters. The van der Waals surface area contributed by atoms with Crippen LogP contribution in [0, 0.1) is 5.92 Å². The number of hydrogen-bond donors (Lipinski definition) is 1. The van der Waals surface area contributed by atoms with Crippen LogP contribution in [0.3, 0.4) is 0 Å². The second kappa shape index (κ2) is 10.4. The summed E-state index contributed by atoms with van der Waals surface area (Å²) in [5, 5.41) is 2.79. The van der Waals surface area contributed by atoms with E-state index in [1.807, 2.05) is 0 Å². The molecule has 0 spiro atoms. The van der Waals surface area contributed by atoms with E-state index in [-0.39, 0.29) is 19.1 Å². The average Bonchev–Trinajstić information content (AvgIpc) is 2.51. The minimum Gasteiger partial charge on any atom is -0.454 e. The van der Waals surface area contributed by atoms with Crippen LogP contribution in [0.2, 0.25) is 0 Å². The standard InChI is InChI=1S/C16H27NO4/c1-3-11-20-13(2)16(19)21-12-15(18)17-10-9-14-7-5-4-6-8-14/h3,13-14H,1,4-12H2,2H3,(H,17,18). The van der Waals surface area contributed by atoms with Crippen molar-refractivity contribution in [3.63, 3.8) is 0 Å². The fourth-order valence-corrected chi connectivity index (χ4v) is 2.48. The summed E-state index contributed by atoms with van der Waals surface area (Å²) < 4.78 is 10.0. The summed E-state index contributed by atoms with van der Waals surface area (Å²) >= 11 is 0. The molecule has 1 amide bonds. The fourth-order valence-electron chi connectivity index (χ4n) is 2.48. The number of amides is 1. The number of carbonyl (C=O) groups is 2. The average molecular weight is 297 g/mol. The Morgan fingerprint density at radius 3 is 2.71 bits per heavy atom. The SMILES string of the molecule is C=CCOC(C)C(=O)OCC(=O)NCCC1CCCCC1. The van der Waals surface area contributed by atoms with Crippen molar-refractivity contribution < 1.29 is 19.1 Å². The molecule has 1 N–H and O–H groups in total. The lowest BCUT2D eigenvalue weighted by atomic mass is 9.87. The van der Waals surface area contributed by atoms with Crippen molar-refractivity contribution in [2.45, 2.75) is 51.6 Å². The molecule has 0 aromatic carbocycles. The number of hydrogen-bond acceptors (Lipinski definition) is 4. The summed E-state index contributed by atoms with van der Waals surface area (Å²) in [6.07, 6.45) is 8.37. The Bertz CT molecular complexity index is 337. The predicted octanol–water partition coefficient (Wildman–Crippen LogP) is 2.21. The van der Waals surface area contributed by atoms with Gasteiger partial charge in [-0.3, -0.25) is 4.79 Å². The highest BCUT2D eigenvalue weighted by Crippen LogP contribution is 2.25. The topological polar surface area (TPSA) is 64.6 Å². The Labute approximate surface area is 127 Å². The van der Waals surface area contributed by atoms with Gasteiger partial charge in [-0.2, -0.15) is 0 Å². The van der Waals surface area contributed by atoms with Crippen LogP contribution < -0.4 is 5.32 Å². The van der Waals surface area contributed by atoms with Gasteiger partial charge in [0.05, 0.1) is 6.61 Å². The summed E-state index contributed by atoms with van der Waals surface area (Å²) in [6, 6.07) is 0. The molecule has 120 valence electrons. The van der Waals surface area contributed by atoms with Crippen LogP contribution in [-0.4, -0.2) is 37.7 Å². The molecule has 1 aliphatic carbocycles. The van der Waals surface area contributed by atoms with Gasteiger partial charge in [-0.05, 0) is 19.3 Å². The fraction of sp³-hybridized carbons (Fsp3) is 0.750. The first-order valence-corrected chi connectivity index (χ1v) is 7.79. The van der Waals surface area contributed by atoms with E-state index < -0.39 is 12.1 Å². The minimum atomic E-state index is -0.682. The van der Waals surface area contributed by atoms with Crippen molar-refractivity contribution in [1.29, 1.82) is 0 Å². The van der Waals surface area contributed by atoms with Gasteiger partial charge in [0.2, 0.25) is 0 Å². The van der Waals surface area contributed by atoms with E-state index in [1.165, 1.54) is 32.1 Å². The van der Waals surface area contributed by atoms with Crippen molar-refractivity contribution >= 4 is 11.9 Å². The van der Waals surface area contributed by atoms with Crippen molar-refractivity contribution in [3.05, 3.63) is 12.7 Å². The zero-order valence-corrected chi connectivity index (χ0v) is 12.9. The molecular weight excluding hydrogens is 270 g/mol. The van der Waals surface area contributed by atoms with E-state index in [0.29, 0.717) is 6.54 Å². The van der Waals surface area contributed by atoms with Gasteiger partial charge >= 0.3 is 5.97 Å². The van der Waals surface area contributed by atoms with E-state index in [2.05, 4.69) is 11.9 Å². The second-order valence-corrected chi connectivity index (χ2v) is 5.51. The molecule has 5 heteroatoms. The highest BCUT2D eigenvalue weighted by Gasteiger charge is 2.16. The summed E-state index contributed by atoms with van der Waals surface area (Å²) in [6.45, 7) is 5.78. The lowest BCUT2D eigenvalue weighted by molar-refractivity contribution is -0.158. The first-order chi connectivity index (χ1) is 10.1. The van der Waals surface area contributed by atoms with E-state index >= 15 is 0 Å². The molecule has 1 saturated carbocycles. The Balaban J connectivity index is 2.07. The third-order valence-electron chi connectivity index (χ3n) is 3.74. The molecular formula is C16H27NO4. The molecule has 1 rings (SSSR count). The molecule has 0 heterocycles. The first kappa shape index (κ1) is 17.7. The number of nitrogens with one attached hydrogen (secondary N) is 1. The molecule has 1 aliphatic rings. The normalized spacial score (nSPS) is 17.0. The highest BCUT2D eigenvalue weighted by molar-refractivity contribution is 5.81. The van der Waals surface area contributed by atoms with Gasteiger partial charge < -0.3 is 14.8 Å². The highest BCUT2D eigenvalue weighted by atomic mass is 16.6. The Morgan fingerprint density at radius 1 is 1.33 bits per heavy atom. The summed E-state index contributed by atoms with van der Waals surface area (Å²) in [5.74, 6) is -0.0525. The molecule has 1 atom stereocenters. The van der Waals surface area contributed by atoms with Crippen LogP contribution in [-0.2, 0) is 19.1 Å². The van der Waals surface area contributed by atoms with Crippen LogP contribution in [0.15, 0.2) is 12.7 Å². The third kappa shape index (κ3) is 7.85. The summed E-state index contributed by atoms with van der Waals surface area (Å²) in [4.78, 5) is 23.1. The molecule has 0 aliphatic heterocycles. The number of esters is 1. The van der Waals surface area contributed by atoms with Crippen LogP contribution >= 0.6 is 0 Å². The first-order valence-electron chi connectivity index (χ1n) is 7.79. The van der Waals surface area contributed by atoms with Crippen molar-refractivity contribution in [1.82, 2.24) is 5.32 Å². The quantitative estimate of drug-likeness (QED) is 0.523. The summed E-state index contributed by atoms with van der Waals surface area (Å²) in [5.41, 5.74) is 0. The van der Waals surface area contributed by atoms with Gasteiger partial charge in [0.15, 0.2) is 12.7 Å². The minimum absolute atomic E-state index is 0.245. The zero-order valence-electron chi connectivity index (χ0n) is 12.9. The smallest absolute Gasteiger partial charge is 0.335 e. The maximum atomic E-state index is 11.6. The molecule has 0 radical (unpaired) electrons. The van der Waals surface area contributed by atoms with Crippen LogP contribution in [0.1, 0.15) is 45.4 Å². The van der Waals surface area contributed by atoms with Crippen molar-refractivity contribution in [2.75, 3.05) is 19.8 Å². The second-order valence-electron chi connectivity index (χ2n) is 5.51. The lowest BCUT2D eigenvalue weighted by Crippen LogP contribution is -2.33. The van der Waals surface area contributed by atoms with E-state index in [1.54, 1.807) is 13.0 Å². The number of ether oxygens (including phenoxy) is 2. The largest absolute Gasteiger partial charge is 0.454 e. The lowest BCUT2D eigenvalue weighted by Gasteiger charge is -2.21. The van der Waals surface area contributed by atoms with Gasteiger partial charge in [0, 0.05) is 6.54 Å². The molecule has 21 heavy (non-hydrogen) atoms. The Morgan fingerprint density at radius 2 is 2.05 bits per heavy atom. The van der Waals surface area contributed by atoms with Crippen molar-refractivity contribution in [2.24, 2.45) is 5.92 Å². The maximum absolute atomic E-state index is 11.6. The van der Waals surface area contributed by atoms with Crippen molar-refractivity contribution in [3.8, 4) is 0 Å². The molecule has 0 saturated heterocycles. The van der Waals surface area contributed by atoms with E-state index in [0.717, 1.165) is 12.3 Å². The predicted molar refractivity (Wildman–Crippen MR) is 80.8 cm³/mol. The molecule has 0 aromatic rings. The van der Waals surface area contributed by atoms with Gasteiger partial charge in [-0.15, -0.1) is 6.58 Å². The van der Waals surface area contributed by atoms with Crippen LogP contribution in [0.25, 0.3) is 0 Å². The zero-order chi connectivity index (χ0) is 15.5. The molecule has 0 bridgehead atoms. The van der Waals surface area contributed by atoms with E-state index in [9.17, 15) is 9.59 Å². The van der Waals surface area contributed by atoms with Gasteiger partial charge in [0.25, 0.3) is 5.91 Å².